The van der Waals surface area contributed by atoms with E-state index in [4.69, 9.17) is 17.2 Å². The van der Waals surface area contributed by atoms with Gasteiger partial charge in [-0.05, 0) is 29.5 Å². The van der Waals surface area contributed by atoms with E-state index < -0.39 is 73.1 Å². The number of carboxylic acids is 1. The minimum atomic E-state index is -1.57. The number of guanidine groups is 1. The lowest BCUT2D eigenvalue weighted by Gasteiger charge is -2.29. The number of aliphatic carboxylic acids is 1. The smallest absolute Gasteiger partial charge is 0.305 e. The van der Waals surface area contributed by atoms with Gasteiger partial charge in [0.15, 0.2) is 5.96 Å². The standard InChI is InChI=1S/C31H41N9O7/c32-15-20-8-10-21(11-9-20)17-40-18-26(42)37-22(7-4-12-35-31(33)34)28(45)36-16-25(41)38-23(14-27(43)44)29(46)39-24(30(40)47)13-19-5-2-1-3-6-19/h1-3,5-6,8-11,22-24H,4,7,12-18,32H2,(H,36,45)(H,37,42)(H,38,41)(H,39,46)(H,43,44)(H4,33,34,35)/t22-,23-,24+/m0/s1. The number of carbonyl (C=O) groups excluding carboxylic acids is 5. The summed E-state index contributed by atoms with van der Waals surface area (Å²) in [7, 11) is 0. The lowest BCUT2D eigenvalue weighted by Crippen LogP contribution is -2.56. The molecule has 16 nitrogen and oxygen atoms in total. The summed E-state index contributed by atoms with van der Waals surface area (Å²) in [6.07, 6.45) is -0.418. The highest BCUT2D eigenvalue weighted by Crippen LogP contribution is 2.13. The monoisotopic (exact) mass is 651 g/mol. The summed E-state index contributed by atoms with van der Waals surface area (Å²) in [6.45, 7) is -0.685. The van der Waals surface area contributed by atoms with Crippen molar-refractivity contribution in [2.75, 3.05) is 19.6 Å². The first-order valence-corrected chi connectivity index (χ1v) is 15.0. The Bertz CT molecular complexity index is 1450. The van der Waals surface area contributed by atoms with Crippen LogP contribution in [0.3, 0.4) is 0 Å². The van der Waals surface area contributed by atoms with E-state index in [9.17, 15) is 33.9 Å². The predicted molar refractivity (Wildman–Crippen MR) is 171 cm³/mol. The number of aliphatic imine (C=N–C) groups is 1. The Labute approximate surface area is 271 Å². The van der Waals surface area contributed by atoms with E-state index in [-0.39, 0.29) is 38.3 Å². The zero-order valence-corrected chi connectivity index (χ0v) is 25.8. The minimum absolute atomic E-state index is 0.00314. The minimum Gasteiger partial charge on any atom is -0.481 e. The molecule has 0 unspecified atom stereocenters. The molecule has 2 aromatic rings. The molecule has 3 rings (SSSR count). The molecule has 16 heteroatoms. The zero-order valence-electron chi connectivity index (χ0n) is 25.8. The average Bonchev–Trinajstić information content (AvgIpc) is 3.04. The molecule has 47 heavy (non-hydrogen) atoms. The van der Waals surface area contributed by atoms with Crippen LogP contribution in [0.25, 0.3) is 0 Å². The number of rotatable bonds is 11. The Hall–Kier alpha value is -5.51. The first-order chi connectivity index (χ1) is 22.4. The molecule has 1 heterocycles. The van der Waals surface area contributed by atoms with Crippen LogP contribution in [-0.4, -0.2) is 89.2 Å². The van der Waals surface area contributed by atoms with Crippen molar-refractivity contribution in [2.45, 2.75) is 56.9 Å². The fourth-order valence-corrected chi connectivity index (χ4v) is 4.86. The van der Waals surface area contributed by atoms with E-state index in [1.54, 1.807) is 54.6 Å². The number of nitrogens with two attached hydrogens (primary N) is 3. The molecule has 0 aromatic heterocycles. The van der Waals surface area contributed by atoms with E-state index in [1.807, 2.05) is 0 Å². The van der Waals surface area contributed by atoms with Crippen LogP contribution in [-0.2, 0) is 48.3 Å². The van der Waals surface area contributed by atoms with Crippen molar-refractivity contribution in [2.24, 2.45) is 22.2 Å². The van der Waals surface area contributed by atoms with Gasteiger partial charge in [0.25, 0.3) is 0 Å². The van der Waals surface area contributed by atoms with Gasteiger partial charge >= 0.3 is 5.97 Å². The number of nitrogens with zero attached hydrogens (tertiary/aromatic N) is 2. The van der Waals surface area contributed by atoms with Crippen molar-refractivity contribution in [1.82, 2.24) is 26.2 Å². The van der Waals surface area contributed by atoms with Crippen LogP contribution in [0.15, 0.2) is 59.6 Å². The molecular formula is C31H41N9O7. The number of carboxylic acid groups (broad SMARTS) is 1. The molecular weight excluding hydrogens is 610 g/mol. The van der Waals surface area contributed by atoms with Gasteiger partial charge in [0, 0.05) is 26.1 Å². The number of amides is 5. The highest BCUT2D eigenvalue weighted by atomic mass is 16.4. The maximum absolute atomic E-state index is 14.2. The van der Waals surface area contributed by atoms with Crippen molar-refractivity contribution in [1.29, 1.82) is 0 Å². The molecule has 0 spiro atoms. The van der Waals surface area contributed by atoms with E-state index >= 15 is 0 Å². The SMILES string of the molecule is NCc1ccc(CN2CC(=O)N[C@@H](CCCN=C(N)N)C(=O)NCC(=O)N[C@@H](CC(=O)O)C(=O)N[C@H](Cc3ccccc3)C2=O)cc1. The third kappa shape index (κ3) is 12.1. The lowest BCUT2D eigenvalue weighted by atomic mass is 10.0. The summed E-state index contributed by atoms with van der Waals surface area (Å²) in [5.41, 5.74) is 18.7. The van der Waals surface area contributed by atoms with Gasteiger partial charge < -0.3 is 48.5 Å². The Morgan fingerprint density at radius 2 is 1.49 bits per heavy atom. The van der Waals surface area contributed by atoms with Crippen molar-refractivity contribution < 1.29 is 33.9 Å². The normalized spacial score (nSPS) is 19.7. The summed E-state index contributed by atoms with van der Waals surface area (Å²) >= 11 is 0. The topological polar surface area (TPSA) is 264 Å². The molecule has 252 valence electrons. The highest BCUT2D eigenvalue weighted by molar-refractivity contribution is 5.97. The van der Waals surface area contributed by atoms with Crippen LogP contribution >= 0.6 is 0 Å². The van der Waals surface area contributed by atoms with Crippen LogP contribution in [0.5, 0.6) is 0 Å². The quantitative estimate of drug-likeness (QED) is 0.0740. The van der Waals surface area contributed by atoms with Gasteiger partial charge in [-0.2, -0.15) is 0 Å². The molecule has 1 aliphatic rings. The number of benzene rings is 2. The second-order valence-corrected chi connectivity index (χ2v) is 11.0. The van der Waals surface area contributed by atoms with Crippen molar-refractivity contribution >= 4 is 41.5 Å². The van der Waals surface area contributed by atoms with Gasteiger partial charge in [-0.1, -0.05) is 54.6 Å². The summed E-state index contributed by atoms with van der Waals surface area (Å²) in [6, 6.07) is 11.9. The van der Waals surface area contributed by atoms with Crippen LogP contribution in [0.4, 0.5) is 0 Å². The van der Waals surface area contributed by atoms with Gasteiger partial charge in [0.05, 0.1) is 19.5 Å². The predicted octanol–water partition coefficient (Wildman–Crippen LogP) is -2.17. The molecule has 1 saturated heterocycles. The Kier molecular flexibility index (Phi) is 13.7. The number of carbonyl (C=O) groups is 6. The van der Waals surface area contributed by atoms with Crippen molar-refractivity contribution in [3.63, 3.8) is 0 Å². The molecule has 5 amide bonds. The molecule has 0 saturated carbocycles. The second kappa shape index (κ2) is 17.8. The maximum atomic E-state index is 14.2. The summed E-state index contributed by atoms with van der Waals surface area (Å²) in [5, 5.41) is 19.4. The van der Waals surface area contributed by atoms with Gasteiger partial charge in [-0.25, -0.2) is 0 Å². The fraction of sp³-hybridized carbons (Fsp3) is 0.387. The summed E-state index contributed by atoms with van der Waals surface area (Å²) < 4.78 is 0. The first-order valence-electron chi connectivity index (χ1n) is 15.0. The molecule has 1 aliphatic heterocycles. The third-order valence-corrected chi connectivity index (χ3v) is 7.23. The number of hydrogen-bond acceptors (Lipinski definition) is 8. The van der Waals surface area contributed by atoms with Crippen molar-refractivity contribution in [3.05, 3.63) is 71.3 Å². The lowest BCUT2D eigenvalue weighted by molar-refractivity contribution is -0.142. The zero-order chi connectivity index (χ0) is 34.3. The average molecular weight is 652 g/mol. The van der Waals surface area contributed by atoms with E-state index in [1.165, 1.54) is 4.90 Å². The summed E-state index contributed by atoms with van der Waals surface area (Å²) in [4.78, 5) is 83.6. The van der Waals surface area contributed by atoms with Gasteiger partial charge in [-0.3, -0.25) is 33.8 Å². The Balaban J connectivity index is 2.02. The number of nitrogens with one attached hydrogen (secondary N) is 4. The van der Waals surface area contributed by atoms with Gasteiger partial charge in [0.1, 0.15) is 18.1 Å². The second-order valence-electron chi connectivity index (χ2n) is 11.0. The fourth-order valence-electron chi connectivity index (χ4n) is 4.86. The van der Waals surface area contributed by atoms with Crippen LogP contribution in [0.1, 0.15) is 36.0 Å². The van der Waals surface area contributed by atoms with E-state index in [2.05, 4.69) is 26.3 Å². The molecule has 1 fully saturated rings. The Morgan fingerprint density at radius 1 is 0.830 bits per heavy atom. The molecule has 0 aliphatic carbocycles. The van der Waals surface area contributed by atoms with Crippen LogP contribution in [0.2, 0.25) is 0 Å². The number of hydrogen-bond donors (Lipinski definition) is 8. The Morgan fingerprint density at radius 3 is 2.13 bits per heavy atom. The summed E-state index contributed by atoms with van der Waals surface area (Å²) in [5.74, 6) is -5.34. The van der Waals surface area contributed by atoms with Crippen molar-refractivity contribution in [3.8, 4) is 0 Å². The first kappa shape index (κ1) is 36.0. The molecule has 11 N–H and O–H groups in total. The van der Waals surface area contributed by atoms with E-state index in [0.29, 0.717) is 17.7 Å². The third-order valence-electron chi connectivity index (χ3n) is 7.23. The largest absolute Gasteiger partial charge is 0.481 e. The van der Waals surface area contributed by atoms with Gasteiger partial charge in [-0.15, -0.1) is 0 Å². The maximum Gasteiger partial charge on any atom is 0.305 e. The molecule has 0 radical (unpaired) electrons. The van der Waals surface area contributed by atoms with E-state index in [0.717, 1.165) is 5.56 Å². The van der Waals surface area contributed by atoms with Crippen LogP contribution in [0, 0.1) is 0 Å². The van der Waals surface area contributed by atoms with Crippen LogP contribution < -0.4 is 38.5 Å². The molecule has 3 atom stereocenters. The van der Waals surface area contributed by atoms with Gasteiger partial charge in [0.2, 0.25) is 29.5 Å². The molecule has 0 bridgehead atoms. The highest BCUT2D eigenvalue weighted by Gasteiger charge is 2.33. The molecule has 2 aromatic carbocycles.